The van der Waals surface area contributed by atoms with Crippen molar-refractivity contribution in [3.8, 4) is 11.5 Å². The van der Waals surface area contributed by atoms with Crippen molar-refractivity contribution in [3.05, 3.63) is 23.8 Å². The monoisotopic (exact) mass is 266 g/mol. The second kappa shape index (κ2) is 8.40. The van der Waals surface area contributed by atoms with Gasteiger partial charge in [0.15, 0.2) is 11.5 Å². The minimum atomic E-state index is -0.376. The number of ether oxygens (including phenoxy) is 3. The number of hydrogen-bond donors (Lipinski definition) is 0. The van der Waals surface area contributed by atoms with Gasteiger partial charge in [-0.2, -0.15) is 0 Å². The van der Waals surface area contributed by atoms with Gasteiger partial charge in [-0.15, -0.1) is 0 Å². The van der Waals surface area contributed by atoms with E-state index in [1.807, 2.05) is 0 Å². The number of unbranched alkanes of at least 4 members (excludes halogenated alkanes) is 3. The van der Waals surface area contributed by atoms with Gasteiger partial charge in [-0.3, -0.25) is 0 Å². The Hall–Kier alpha value is -1.71. The molecular formula is C15H22O4. The molecule has 0 saturated heterocycles. The SMILES string of the molecule is CCCCCCOc1cc(C(=O)OC)ccc1OC. The number of esters is 1. The van der Waals surface area contributed by atoms with Crippen molar-refractivity contribution in [2.75, 3.05) is 20.8 Å². The Morgan fingerprint density at radius 1 is 1.11 bits per heavy atom. The van der Waals surface area contributed by atoms with Crippen molar-refractivity contribution in [1.82, 2.24) is 0 Å². The van der Waals surface area contributed by atoms with Crippen LogP contribution in [0.1, 0.15) is 43.0 Å². The summed E-state index contributed by atoms with van der Waals surface area (Å²) in [5.41, 5.74) is 0.465. The maximum atomic E-state index is 11.5. The summed E-state index contributed by atoms with van der Waals surface area (Å²) in [5, 5.41) is 0. The quantitative estimate of drug-likeness (QED) is 0.534. The molecule has 0 atom stereocenters. The average Bonchev–Trinajstić information content (AvgIpc) is 2.46. The Labute approximate surface area is 114 Å². The third kappa shape index (κ3) is 4.81. The topological polar surface area (TPSA) is 44.8 Å². The zero-order valence-electron chi connectivity index (χ0n) is 11.9. The molecule has 0 N–H and O–H groups in total. The zero-order chi connectivity index (χ0) is 14.1. The van der Waals surface area contributed by atoms with Crippen LogP contribution in [0.2, 0.25) is 0 Å². The maximum absolute atomic E-state index is 11.5. The molecule has 0 unspecified atom stereocenters. The molecular weight excluding hydrogens is 244 g/mol. The minimum absolute atomic E-state index is 0.376. The Kier molecular flexibility index (Phi) is 6.79. The van der Waals surface area contributed by atoms with E-state index in [2.05, 4.69) is 11.7 Å². The highest BCUT2D eigenvalue weighted by Gasteiger charge is 2.11. The van der Waals surface area contributed by atoms with Crippen LogP contribution in [0, 0.1) is 0 Å². The second-order valence-electron chi connectivity index (χ2n) is 4.27. The summed E-state index contributed by atoms with van der Waals surface area (Å²) in [6.07, 6.45) is 4.55. The Balaban J connectivity index is 2.65. The van der Waals surface area contributed by atoms with Crippen LogP contribution in [0.15, 0.2) is 18.2 Å². The summed E-state index contributed by atoms with van der Waals surface area (Å²) in [7, 11) is 2.94. The molecule has 0 aliphatic rings. The van der Waals surface area contributed by atoms with Crippen LogP contribution in [0.5, 0.6) is 11.5 Å². The lowest BCUT2D eigenvalue weighted by Crippen LogP contribution is -2.04. The highest BCUT2D eigenvalue weighted by atomic mass is 16.5. The highest BCUT2D eigenvalue weighted by Crippen LogP contribution is 2.28. The Bertz CT molecular complexity index is 401. The van der Waals surface area contributed by atoms with Crippen LogP contribution in [-0.2, 0) is 4.74 Å². The fraction of sp³-hybridized carbons (Fsp3) is 0.533. The highest BCUT2D eigenvalue weighted by molar-refractivity contribution is 5.90. The summed E-state index contributed by atoms with van der Waals surface area (Å²) in [6.45, 7) is 2.80. The molecule has 0 bridgehead atoms. The summed E-state index contributed by atoms with van der Waals surface area (Å²) in [6, 6.07) is 5.03. The van der Waals surface area contributed by atoms with Crippen LogP contribution in [0.4, 0.5) is 0 Å². The molecule has 0 aliphatic heterocycles. The van der Waals surface area contributed by atoms with Crippen LogP contribution in [0.3, 0.4) is 0 Å². The van der Waals surface area contributed by atoms with Crippen molar-refractivity contribution >= 4 is 5.97 Å². The molecule has 0 aromatic heterocycles. The van der Waals surface area contributed by atoms with Gasteiger partial charge < -0.3 is 14.2 Å². The number of methoxy groups -OCH3 is 2. The van der Waals surface area contributed by atoms with E-state index in [9.17, 15) is 4.79 Å². The third-order valence-electron chi connectivity index (χ3n) is 2.84. The first-order chi connectivity index (χ1) is 9.22. The number of carbonyl (C=O) groups is 1. The normalized spacial score (nSPS) is 10.1. The van der Waals surface area contributed by atoms with E-state index >= 15 is 0 Å². The van der Waals surface area contributed by atoms with E-state index in [1.165, 1.54) is 20.0 Å². The number of rotatable bonds is 8. The van der Waals surface area contributed by atoms with Crippen molar-refractivity contribution in [3.63, 3.8) is 0 Å². The van der Waals surface area contributed by atoms with E-state index in [0.29, 0.717) is 23.7 Å². The Morgan fingerprint density at radius 2 is 1.89 bits per heavy atom. The molecule has 1 aromatic rings. The van der Waals surface area contributed by atoms with E-state index in [1.54, 1.807) is 25.3 Å². The van der Waals surface area contributed by atoms with Crippen LogP contribution in [0.25, 0.3) is 0 Å². The van der Waals surface area contributed by atoms with Gasteiger partial charge >= 0.3 is 5.97 Å². The molecule has 0 fully saturated rings. The molecule has 0 saturated carbocycles. The molecule has 106 valence electrons. The maximum Gasteiger partial charge on any atom is 0.337 e. The lowest BCUT2D eigenvalue weighted by atomic mass is 10.2. The van der Waals surface area contributed by atoms with E-state index in [4.69, 9.17) is 9.47 Å². The van der Waals surface area contributed by atoms with Crippen LogP contribution in [-0.4, -0.2) is 26.8 Å². The van der Waals surface area contributed by atoms with Crippen molar-refractivity contribution in [1.29, 1.82) is 0 Å². The lowest BCUT2D eigenvalue weighted by Gasteiger charge is -2.11. The second-order valence-corrected chi connectivity index (χ2v) is 4.27. The summed E-state index contributed by atoms with van der Waals surface area (Å²) in [4.78, 5) is 11.5. The summed E-state index contributed by atoms with van der Waals surface area (Å²) >= 11 is 0. The zero-order valence-corrected chi connectivity index (χ0v) is 11.9. The predicted molar refractivity (Wildman–Crippen MR) is 74.0 cm³/mol. The van der Waals surface area contributed by atoms with Gasteiger partial charge in [0.2, 0.25) is 0 Å². The molecule has 0 heterocycles. The van der Waals surface area contributed by atoms with E-state index in [-0.39, 0.29) is 5.97 Å². The van der Waals surface area contributed by atoms with E-state index < -0.39 is 0 Å². The van der Waals surface area contributed by atoms with Gasteiger partial charge in [0.25, 0.3) is 0 Å². The van der Waals surface area contributed by atoms with Gasteiger partial charge in [-0.1, -0.05) is 26.2 Å². The molecule has 4 heteroatoms. The van der Waals surface area contributed by atoms with Gasteiger partial charge in [0.1, 0.15) is 0 Å². The van der Waals surface area contributed by atoms with Gasteiger partial charge in [-0.05, 0) is 24.6 Å². The van der Waals surface area contributed by atoms with Gasteiger partial charge in [-0.25, -0.2) is 4.79 Å². The molecule has 1 rings (SSSR count). The standard InChI is InChI=1S/C15H22O4/c1-4-5-6-7-10-19-14-11-12(15(16)18-3)8-9-13(14)17-2/h8-9,11H,4-7,10H2,1-3H3. The first-order valence-electron chi connectivity index (χ1n) is 6.62. The number of carbonyl (C=O) groups excluding carboxylic acids is 1. The van der Waals surface area contributed by atoms with Gasteiger partial charge in [0.05, 0.1) is 26.4 Å². The fourth-order valence-electron chi connectivity index (χ4n) is 1.75. The number of benzene rings is 1. The molecule has 0 spiro atoms. The predicted octanol–water partition coefficient (Wildman–Crippen LogP) is 3.44. The summed E-state index contributed by atoms with van der Waals surface area (Å²) in [5.74, 6) is 0.837. The smallest absolute Gasteiger partial charge is 0.337 e. The van der Waals surface area contributed by atoms with Crippen molar-refractivity contribution in [2.24, 2.45) is 0 Å². The molecule has 0 aliphatic carbocycles. The number of hydrogen-bond acceptors (Lipinski definition) is 4. The molecule has 19 heavy (non-hydrogen) atoms. The third-order valence-corrected chi connectivity index (χ3v) is 2.84. The van der Waals surface area contributed by atoms with Gasteiger partial charge in [0, 0.05) is 0 Å². The molecule has 0 amide bonds. The van der Waals surface area contributed by atoms with Crippen molar-refractivity contribution < 1.29 is 19.0 Å². The lowest BCUT2D eigenvalue weighted by molar-refractivity contribution is 0.0600. The Morgan fingerprint density at radius 3 is 2.53 bits per heavy atom. The average molecular weight is 266 g/mol. The van der Waals surface area contributed by atoms with Crippen LogP contribution >= 0.6 is 0 Å². The fourth-order valence-corrected chi connectivity index (χ4v) is 1.75. The summed E-state index contributed by atoms with van der Waals surface area (Å²) < 4.78 is 15.6. The first-order valence-corrected chi connectivity index (χ1v) is 6.62. The van der Waals surface area contributed by atoms with Crippen molar-refractivity contribution in [2.45, 2.75) is 32.6 Å². The first kappa shape index (κ1) is 15.3. The molecule has 1 aromatic carbocycles. The molecule has 0 radical (unpaired) electrons. The van der Waals surface area contributed by atoms with E-state index in [0.717, 1.165) is 12.8 Å². The van der Waals surface area contributed by atoms with Crippen LogP contribution < -0.4 is 9.47 Å². The molecule has 4 nitrogen and oxygen atoms in total. The largest absolute Gasteiger partial charge is 0.493 e. The minimum Gasteiger partial charge on any atom is -0.493 e.